The molecular formula is C20H24N4O4S. The predicted molar refractivity (Wildman–Crippen MR) is 107 cm³/mol. The monoisotopic (exact) mass is 416 g/mol. The fourth-order valence-electron chi connectivity index (χ4n) is 3.04. The first-order chi connectivity index (χ1) is 13.8. The lowest BCUT2D eigenvalue weighted by molar-refractivity contribution is -0.147. The van der Waals surface area contributed by atoms with E-state index in [9.17, 15) is 14.9 Å². The van der Waals surface area contributed by atoms with Gasteiger partial charge in [-0.25, -0.2) is 0 Å². The zero-order chi connectivity index (χ0) is 21.0. The van der Waals surface area contributed by atoms with E-state index in [1.807, 2.05) is 20.8 Å². The third-order valence-electron chi connectivity index (χ3n) is 4.56. The number of aromatic nitrogens is 2. The van der Waals surface area contributed by atoms with Gasteiger partial charge < -0.3 is 14.6 Å². The molecule has 0 unspecified atom stereocenters. The minimum Gasteiger partial charge on any atom is -0.456 e. The van der Waals surface area contributed by atoms with Crippen LogP contribution in [0.1, 0.15) is 67.8 Å². The van der Waals surface area contributed by atoms with Crippen LogP contribution in [0.25, 0.3) is 0 Å². The fraction of sp³-hybridized carbons (Fsp3) is 0.550. The van der Waals surface area contributed by atoms with Gasteiger partial charge in [-0.3, -0.25) is 9.59 Å². The summed E-state index contributed by atoms with van der Waals surface area (Å²) in [5, 5.41) is 16.5. The summed E-state index contributed by atoms with van der Waals surface area (Å²) in [6.45, 7) is 5.61. The van der Waals surface area contributed by atoms with Crippen LogP contribution in [0.4, 0.5) is 5.00 Å². The summed E-state index contributed by atoms with van der Waals surface area (Å²) in [5.74, 6) is 0.199. The van der Waals surface area contributed by atoms with E-state index in [1.54, 1.807) is 0 Å². The lowest BCUT2D eigenvalue weighted by Crippen LogP contribution is -2.20. The molecule has 0 spiro atoms. The third-order valence-corrected chi connectivity index (χ3v) is 5.77. The second-order valence-corrected chi connectivity index (χ2v) is 9.10. The van der Waals surface area contributed by atoms with Crippen LogP contribution in [0, 0.1) is 11.3 Å². The van der Waals surface area contributed by atoms with Gasteiger partial charge >= 0.3 is 5.97 Å². The summed E-state index contributed by atoms with van der Waals surface area (Å²) < 4.78 is 10.2. The standard InChI is InChI=1S/C20H24N4O4S/c1-20(2,3)19-23-16(28-24-19)8-5-9-17(26)27-11-15(25)22-18-13(10-21)12-6-4-7-14(12)29-18/h4-9,11H2,1-3H3,(H,22,25). The Morgan fingerprint density at radius 2 is 2.14 bits per heavy atom. The number of thiophene rings is 1. The van der Waals surface area contributed by atoms with Crippen LogP contribution < -0.4 is 5.32 Å². The molecule has 154 valence electrons. The van der Waals surface area contributed by atoms with Crippen LogP contribution >= 0.6 is 11.3 Å². The van der Waals surface area contributed by atoms with Crippen molar-refractivity contribution in [2.24, 2.45) is 0 Å². The van der Waals surface area contributed by atoms with E-state index >= 15 is 0 Å². The van der Waals surface area contributed by atoms with E-state index < -0.39 is 11.9 Å². The highest BCUT2D eigenvalue weighted by Gasteiger charge is 2.23. The van der Waals surface area contributed by atoms with Gasteiger partial charge in [0.1, 0.15) is 11.1 Å². The van der Waals surface area contributed by atoms with Crippen LogP contribution in [0.5, 0.6) is 0 Å². The van der Waals surface area contributed by atoms with E-state index in [-0.39, 0.29) is 18.4 Å². The van der Waals surface area contributed by atoms with Crippen molar-refractivity contribution in [1.82, 2.24) is 10.1 Å². The maximum atomic E-state index is 12.1. The van der Waals surface area contributed by atoms with Crippen LogP contribution in [-0.2, 0) is 39.0 Å². The average Bonchev–Trinajstić information content (AvgIpc) is 3.35. The molecule has 1 N–H and O–H groups in total. The van der Waals surface area contributed by atoms with E-state index in [1.165, 1.54) is 11.3 Å². The molecule has 8 nitrogen and oxygen atoms in total. The maximum absolute atomic E-state index is 12.1. The Labute approximate surface area is 173 Å². The van der Waals surface area contributed by atoms with Gasteiger partial charge in [-0.05, 0) is 31.2 Å². The number of amides is 1. The van der Waals surface area contributed by atoms with E-state index in [2.05, 4.69) is 21.5 Å². The van der Waals surface area contributed by atoms with Crippen LogP contribution in [0.3, 0.4) is 0 Å². The minimum atomic E-state index is -0.468. The smallest absolute Gasteiger partial charge is 0.306 e. The zero-order valence-electron chi connectivity index (χ0n) is 16.8. The summed E-state index contributed by atoms with van der Waals surface area (Å²) in [6, 6.07) is 2.17. The number of rotatable bonds is 7. The number of hydrogen-bond donors (Lipinski definition) is 1. The second-order valence-electron chi connectivity index (χ2n) is 8.00. The molecule has 0 fully saturated rings. The largest absolute Gasteiger partial charge is 0.456 e. The molecule has 2 heterocycles. The van der Waals surface area contributed by atoms with Gasteiger partial charge in [0.05, 0.1) is 5.56 Å². The minimum absolute atomic E-state index is 0.150. The molecule has 0 aliphatic heterocycles. The highest BCUT2D eigenvalue weighted by atomic mass is 32.1. The molecule has 1 aliphatic rings. The van der Waals surface area contributed by atoms with Crippen molar-refractivity contribution in [2.75, 3.05) is 11.9 Å². The molecule has 0 bridgehead atoms. The SMILES string of the molecule is CC(C)(C)c1noc(CCCC(=O)OCC(=O)Nc2sc3c(c2C#N)CCC3)n1. The quantitative estimate of drug-likeness (QED) is 0.688. The molecule has 29 heavy (non-hydrogen) atoms. The van der Waals surface area contributed by atoms with Gasteiger partial charge in [0.25, 0.3) is 5.91 Å². The summed E-state index contributed by atoms with van der Waals surface area (Å²) in [7, 11) is 0. The molecule has 2 aromatic rings. The number of fused-ring (bicyclic) bond motifs is 1. The lowest BCUT2D eigenvalue weighted by atomic mass is 9.96. The summed E-state index contributed by atoms with van der Waals surface area (Å²) in [5.41, 5.74) is 1.39. The Morgan fingerprint density at radius 1 is 1.34 bits per heavy atom. The number of nitrogens with one attached hydrogen (secondary N) is 1. The molecule has 0 saturated carbocycles. The average molecular weight is 417 g/mol. The van der Waals surface area contributed by atoms with E-state index in [4.69, 9.17) is 9.26 Å². The first-order valence-corrected chi connectivity index (χ1v) is 10.4. The van der Waals surface area contributed by atoms with Crippen molar-refractivity contribution in [3.05, 3.63) is 27.7 Å². The van der Waals surface area contributed by atoms with Gasteiger partial charge in [0.15, 0.2) is 12.4 Å². The molecule has 0 saturated heterocycles. The van der Waals surface area contributed by atoms with Gasteiger partial charge in [-0.1, -0.05) is 25.9 Å². The number of anilines is 1. The van der Waals surface area contributed by atoms with Gasteiger partial charge in [0.2, 0.25) is 5.89 Å². The Bertz CT molecular complexity index is 949. The summed E-state index contributed by atoms with van der Waals surface area (Å²) in [4.78, 5) is 29.4. The molecule has 9 heteroatoms. The molecule has 0 atom stereocenters. The predicted octanol–water partition coefficient (Wildman–Crippen LogP) is 3.29. The molecule has 1 amide bonds. The third kappa shape index (κ3) is 5.21. The number of nitrogens with zero attached hydrogens (tertiary/aromatic N) is 3. The van der Waals surface area contributed by atoms with E-state index in [0.29, 0.717) is 35.1 Å². The number of carbonyl (C=O) groups is 2. The van der Waals surface area contributed by atoms with Crippen molar-refractivity contribution in [3.63, 3.8) is 0 Å². The van der Waals surface area contributed by atoms with Crippen LogP contribution in [0.15, 0.2) is 4.52 Å². The van der Waals surface area contributed by atoms with Crippen LogP contribution in [0.2, 0.25) is 0 Å². The van der Waals surface area contributed by atoms with Crippen molar-refractivity contribution in [2.45, 2.75) is 64.7 Å². The number of esters is 1. The lowest BCUT2D eigenvalue weighted by Gasteiger charge is -2.10. The van der Waals surface area contributed by atoms with Crippen molar-refractivity contribution in [3.8, 4) is 6.07 Å². The molecular weight excluding hydrogens is 392 g/mol. The Hall–Kier alpha value is -2.73. The highest BCUT2D eigenvalue weighted by molar-refractivity contribution is 7.16. The number of aryl methyl sites for hydroxylation is 2. The number of nitriles is 1. The molecule has 2 aromatic heterocycles. The molecule has 3 rings (SSSR count). The van der Waals surface area contributed by atoms with Crippen molar-refractivity contribution in [1.29, 1.82) is 5.26 Å². The fourth-order valence-corrected chi connectivity index (χ4v) is 4.29. The number of hydrogen-bond acceptors (Lipinski definition) is 8. The molecule has 1 aliphatic carbocycles. The number of ether oxygens (including phenoxy) is 1. The highest BCUT2D eigenvalue weighted by Crippen LogP contribution is 2.38. The maximum Gasteiger partial charge on any atom is 0.306 e. The van der Waals surface area contributed by atoms with E-state index in [0.717, 1.165) is 29.7 Å². The van der Waals surface area contributed by atoms with Crippen LogP contribution in [-0.4, -0.2) is 28.6 Å². The van der Waals surface area contributed by atoms with Gasteiger partial charge in [-0.15, -0.1) is 11.3 Å². The van der Waals surface area contributed by atoms with Crippen molar-refractivity contribution >= 4 is 28.2 Å². The van der Waals surface area contributed by atoms with Gasteiger partial charge in [0, 0.05) is 23.1 Å². The first kappa shape index (κ1) is 21.0. The Balaban J connectivity index is 1.40. The first-order valence-electron chi connectivity index (χ1n) is 9.61. The normalized spacial score (nSPS) is 13.0. The summed E-state index contributed by atoms with van der Waals surface area (Å²) >= 11 is 1.43. The summed E-state index contributed by atoms with van der Waals surface area (Å²) in [6.07, 6.45) is 3.97. The second kappa shape index (κ2) is 8.74. The topological polar surface area (TPSA) is 118 Å². The zero-order valence-corrected chi connectivity index (χ0v) is 17.6. The number of carbonyl (C=O) groups excluding carboxylic acids is 2. The van der Waals surface area contributed by atoms with Crippen molar-refractivity contribution < 1.29 is 18.8 Å². The van der Waals surface area contributed by atoms with Gasteiger partial charge in [-0.2, -0.15) is 10.2 Å². The Morgan fingerprint density at radius 3 is 2.83 bits per heavy atom. The molecule has 0 aromatic carbocycles. The molecule has 0 radical (unpaired) electrons. The Kier molecular flexibility index (Phi) is 6.33.